The van der Waals surface area contributed by atoms with Gasteiger partial charge in [-0.1, -0.05) is 54.6 Å². The molecule has 1 unspecified atom stereocenters. The molecule has 0 radical (unpaired) electrons. The quantitative estimate of drug-likeness (QED) is 0.909. The fourth-order valence-electron chi connectivity index (χ4n) is 3.80. The van der Waals surface area contributed by atoms with Crippen LogP contribution in [0, 0.1) is 0 Å². The first kappa shape index (κ1) is 16.2. The lowest BCUT2D eigenvalue weighted by Gasteiger charge is -2.40. The fraction of sp³-hybridized carbons (Fsp3) is 0.300. The van der Waals surface area contributed by atoms with Crippen LogP contribution in [0.15, 0.2) is 54.6 Å². The van der Waals surface area contributed by atoms with Crippen LogP contribution in [0.25, 0.3) is 0 Å². The predicted molar refractivity (Wildman–Crippen MR) is 92.0 cm³/mol. The Morgan fingerprint density at radius 1 is 1.12 bits per heavy atom. The number of carbonyl (C=O) groups excluding carboxylic acids is 1. The van der Waals surface area contributed by atoms with Gasteiger partial charge in [0.15, 0.2) is 0 Å². The van der Waals surface area contributed by atoms with Crippen LogP contribution in [0.5, 0.6) is 0 Å². The first-order valence-corrected chi connectivity index (χ1v) is 8.27. The van der Waals surface area contributed by atoms with E-state index in [4.69, 9.17) is 0 Å². The molecule has 0 spiro atoms. The summed E-state index contributed by atoms with van der Waals surface area (Å²) in [5.74, 6) is -1.46. The van der Waals surface area contributed by atoms with Crippen LogP contribution in [0.2, 0.25) is 0 Å². The molecule has 3 rings (SSSR count). The van der Waals surface area contributed by atoms with Gasteiger partial charge in [0.25, 0.3) is 0 Å². The number of nitrogens with one attached hydrogen (secondary N) is 1. The zero-order chi connectivity index (χ0) is 17.2. The Bertz CT molecular complexity index is 756. The van der Waals surface area contributed by atoms with Gasteiger partial charge in [-0.3, -0.25) is 9.59 Å². The molecule has 2 aromatic carbocycles. The molecule has 0 saturated carbocycles. The molecule has 1 aliphatic rings. The maximum atomic E-state index is 13.1. The van der Waals surface area contributed by atoms with Crippen molar-refractivity contribution in [1.29, 1.82) is 0 Å². The van der Waals surface area contributed by atoms with Crippen LogP contribution in [-0.4, -0.2) is 23.5 Å². The van der Waals surface area contributed by atoms with E-state index in [1.165, 1.54) is 0 Å². The third-order valence-electron chi connectivity index (χ3n) is 4.89. The van der Waals surface area contributed by atoms with E-state index < -0.39 is 17.3 Å². The van der Waals surface area contributed by atoms with Gasteiger partial charge in [0, 0.05) is 6.54 Å². The van der Waals surface area contributed by atoms with E-state index in [1.807, 2.05) is 61.5 Å². The van der Waals surface area contributed by atoms with E-state index in [9.17, 15) is 14.7 Å². The number of carboxylic acid groups (broad SMARTS) is 1. The van der Waals surface area contributed by atoms with Gasteiger partial charge < -0.3 is 10.4 Å². The Labute approximate surface area is 141 Å². The number of benzene rings is 2. The molecule has 2 N–H and O–H groups in total. The molecule has 4 nitrogen and oxygen atoms in total. The molecule has 1 aliphatic carbocycles. The molecule has 0 bridgehead atoms. The second kappa shape index (κ2) is 6.48. The fourth-order valence-corrected chi connectivity index (χ4v) is 3.80. The second-order valence-electron chi connectivity index (χ2n) is 6.15. The Hall–Kier alpha value is -2.62. The number of aliphatic carboxylic acids is 1. The Balaban J connectivity index is 2.25. The van der Waals surface area contributed by atoms with Crippen molar-refractivity contribution in [2.24, 2.45) is 0 Å². The van der Waals surface area contributed by atoms with Gasteiger partial charge in [0.05, 0.1) is 11.3 Å². The smallest absolute Gasteiger partial charge is 0.310 e. The van der Waals surface area contributed by atoms with Crippen LogP contribution in [0.1, 0.15) is 42.4 Å². The van der Waals surface area contributed by atoms with Gasteiger partial charge in [-0.2, -0.15) is 0 Å². The summed E-state index contributed by atoms with van der Waals surface area (Å²) in [5, 5.41) is 12.5. The highest BCUT2D eigenvalue weighted by molar-refractivity contribution is 5.94. The molecule has 0 saturated heterocycles. The van der Waals surface area contributed by atoms with Gasteiger partial charge in [0.2, 0.25) is 5.91 Å². The number of rotatable bonds is 4. The van der Waals surface area contributed by atoms with E-state index in [0.717, 1.165) is 16.7 Å². The average molecular weight is 323 g/mol. The van der Waals surface area contributed by atoms with Crippen LogP contribution in [0.3, 0.4) is 0 Å². The van der Waals surface area contributed by atoms with Crippen LogP contribution in [0.4, 0.5) is 0 Å². The predicted octanol–water partition coefficient (Wildman–Crippen LogP) is 3.07. The second-order valence-corrected chi connectivity index (χ2v) is 6.15. The normalized spacial score (nSPS) is 22.5. The van der Waals surface area contributed by atoms with Crippen molar-refractivity contribution in [1.82, 2.24) is 5.32 Å². The Morgan fingerprint density at radius 2 is 1.79 bits per heavy atom. The minimum atomic E-state index is -0.834. The van der Waals surface area contributed by atoms with Crippen molar-refractivity contribution < 1.29 is 14.7 Å². The standard InChI is InChI=1S/C20H21NO3/c1-2-21-19(24)20(14-8-4-3-5-9-14)13-12-16(18(22)23)15-10-6-7-11-17(15)20/h3-11,16H,2,12-13H2,1H3,(H,21,24)(H,22,23)/t16-,20?/m1/s1. The molecule has 0 fully saturated rings. The summed E-state index contributed by atoms with van der Waals surface area (Å²) in [6, 6.07) is 17.1. The summed E-state index contributed by atoms with van der Waals surface area (Å²) in [7, 11) is 0. The van der Waals surface area contributed by atoms with Crippen LogP contribution in [-0.2, 0) is 15.0 Å². The van der Waals surface area contributed by atoms with Gasteiger partial charge in [0.1, 0.15) is 0 Å². The van der Waals surface area contributed by atoms with Crippen molar-refractivity contribution in [3.8, 4) is 0 Å². The van der Waals surface area contributed by atoms with Gasteiger partial charge in [-0.15, -0.1) is 0 Å². The number of carbonyl (C=O) groups is 2. The number of carboxylic acids is 1. The number of likely N-dealkylation sites (N-methyl/N-ethyl adjacent to an activating group) is 1. The lowest BCUT2D eigenvalue weighted by atomic mass is 9.62. The van der Waals surface area contributed by atoms with Crippen molar-refractivity contribution in [3.63, 3.8) is 0 Å². The third kappa shape index (κ3) is 2.48. The van der Waals surface area contributed by atoms with E-state index in [0.29, 0.717) is 19.4 Å². The molecular formula is C20H21NO3. The molecule has 2 atom stereocenters. The van der Waals surface area contributed by atoms with E-state index >= 15 is 0 Å². The SMILES string of the molecule is CCNC(=O)C1(c2ccccc2)CC[C@@H](C(=O)O)c2ccccc21. The summed E-state index contributed by atoms with van der Waals surface area (Å²) >= 11 is 0. The van der Waals surface area contributed by atoms with Crippen LogP contribution >= 0.6 is 0 Å². The van der Waals surface area contributed by atoms with Crippen molar-refractivity contribution in [2.75, 3.05) is 6.54 Å². The van der Waals surface area contributed by atoms with E-state index in [-0.39, 0.29) is 5.91 Å². The summed E-state index contributed by atoms with van der Waals surface area (Å²) in [4.78, 5) is 24.8. The maximum Gasteiger partial charge on any atom is 0.310 e. The summed E-state index contributed by atoms with van der Waals surface area (Å²) in [5.41, 5.74) is 1.62. The lowest BCUT2D eigenvalue weighted by Crippen LogP contribution is -2.48. The van der Waals surface area contributed by atoms with Crippen molar-refractivity contribution >= 4 is 11.9 Å². The molecule has 4 heteroatoms. The van der Waals surface area contributed by atoms with Crippen LogP contribution < -0.4 is 5.32 Å². The highest BCUT2D eigenvalue weighted by atomic mass is 16.4. The van der Waals surface area contributed by atoms with Gasteiger partial charge >= 0.3 is 5.97 Å². The van der Waals surface area contributed by atoms with Gasteiger partial charge in [-0.05, 0) is 36.5 Å². The zero-order valence-electron chi connectivity index (χ0n) is 13.7. The Morgan fingerprint density at radius 3 is 2.46 bits per heavy atom. The zero-order valence-corrected chi connectivity index (χ0v) is 13.7. The van der Waals surface area contributed by atoms with Gasteiger partial charge in [-0.25, -0.2) is 0 Å². The molecule has 1 amide bonds. The first-order valence-electron chi connectivity index (χ1n) is 8.27. The summed E-state index contributed by atoms with van der Waals surface area (Å²) in [6.07, 6.45) is 0.926. The number of hydrogen-bond donors (Lipinski definition) is 2. The number of amides is 1. The molecule has 0 aliphatic heterocycles. The highest BCUT2D eigenvalue weighted by Crippen LogP contribution is 2.47. The Kier molecular flexibility index (Phi) is 4.38. The monoisotopic (exact) mass is 323 g/mol. The molecule has 124 valence electrons. The highest BCUT2D eigenvalue weighted by Gasteiger charge is 2.47. The van der Waals surface area contributed by atoms with Crippen molar-refractivity contribution in [2.45, 2.75) is 31.1 Å². The summed E-state index contributed by atoms with van der Waals surface area (Å²) in [6.45, 7) is 2.43. The molecule has 24 heavy (non-hydrogen) atoms. The first-order chi connectivity index (χ1) is 11.6. The van der Waals surface area contributed by atoms with Crippen molar-refractivity contribution in [3.05, 3.63) is 71.3 Å². The minimum absolute atomic E-state index is 0.0625. The molecular weight excluding hydrogens is 302 g/mol. The lowest BCUT2D eigenvalue weighted by molar-refractivity contribution is -0.140. The molecule has 2 aromatic rings. The minimum Gasteiger partial charge on any atom is -0.481 e. The number of hydrogen-bond acceptors (Lipinski definition) is 2. The van der Waals surface area contributed by atoms with E-state index in [2.05, 4.69) is 5.32 Å². The largest absolute Gasteiger partial charge is 0.481 e. The summed E-state index contributed by atoms with van der Waals surface area (Å²) < 4.78 is 0. The van der Waals surface area contributed by atoms with E-state index in [1.54, 1.807) is 0 Å². The molecule has 0 heterocycles. The topological polar surface area (TPSA) is 66.4 Å². The average Bonchev–Trinajstić information content (AvgIpc) is 2.61. The maximum absolute atomic E-state index is 13.1. The third-order valence-corrected chi connectivity index (χ3v) is 4.89. The number of fused-ring (bicyclic) bond motifs is 1. The molecule has 0 aromatic heterocycles.